The van der Waals surface area contributed by atoms with Gasteiger partial charge in [0.15, 0.2) is 16.9 Å². The molecule has 4 aromatic rings. The third-order valence-corrected chi connectivity index (χ3v) is 6.48. The number of rotatable bonds is 3. The van der Waals surface area contributed by atoms with Gasteiger partial charge in [0.2, 0.25) is 0 Å². The first-order valence-electron chi connectivity index (χ1n) is 11.5. The average Bonchev–Trinajstić information content (AvgIpc) is 3.52. The van der Waals surface area contributed by atoms with E-state index in [-0.39, 0.29) is 46.2 Å². The summed E-state index contributed by atoms with van der Waals surface area (Å²) in [4.78, 5) is 38.7. The number of halogens is 3. The first kappa shape index (κ1) is 25.2. The van der Waals surface area contributed by atoms with Crippen molar-refractivity contribution in [1.82, 2.24) is 29.6 Å². The monoisotopic (exact) mass is 532 g/mol. The third kappa shape index (κ3) is 4.22. The Morgan fingerprint density at radius 1 is 1.21 bits per heavy atom. The third-order valence-electron chi connectivity index (χ3n) is 6.48. The Morgan fingerprint density at radius 2 is 1.95 bits per heavy atom. The summed E-state index contributed by atoms with van der Waals surface area (Å²) < 4.78 is 46.0. The number of nitrogens with two attached hydrogens (primary N) is 1. The minimum atomic E-state index is -4.57. The molecule has 0 aliphatic carbocycles. The zero-order valence-electron chi connectivity index (χ0n) is 20.4. The van der Waals surface area contributed by atoms with Crippen LogP contribution in [-0.2, 0) is 6.18 Å². The van der Waals surface area contributed by atoms with Crippen LogP contribution in [0.25, 0.3) is 22.1 Å². The summed E-state index contributed by atoms with van der Waals surface area (Å²) in [7, 11) is 0. The van der Waals surface area contributed by atoms with E-state index in [1.807, 2.05) is 20.8 Å². The maximum atomic E-state index is 13.3. The number of amides is 2. The molecule has 1 aromatic carbocycles. The molecule has 15 heteroatoms. The van der Waals surface area contributed by atoms with Crippen LogP contribution in [0.4, 0.5) is 29.8 Å². The van der Waals surface area contributed by atoms with Crippen LogP contribution in [0.3, 0.4) is 0 Å². The van der Waals surface area contributed by atoms with Crippen LogP contribution in [0, 0.1) is 5.41 Å². The summed E-state index contributed by atoms with van der Waals surface area (Å²) in [5.74, 6) is -0.836. The molecule has 12 nitrogen and oxygen atoms in total. The first-order chi connectivity index (χ1) is 17.8. The van der Waals surface area contributed by atoms with Gasteiger partial charge in [0.05, 0.1) is 23.0 Å². The van der Waals surface area contributed by atoms with E-state index in [0.29, 0.717) is 6.42 Å². The maximum Gasteiger partial charge on any atom is 0.416 e. The molecule has 0 bridgehead atoms. The highest BCUT2D eigenvalue weighted by atomic mass is 19.4. The molecule has 0 spiro atoms. The maximum absolute atomic E-state index is 13.3. The molecule has 1 fully saturated rings. The topological polar surface area (TPSA) is 165 Å². The quantitative estimate of drug-likeness (QED) is 0.351. The van der Waals surface area contributed by atoms with Crippen LogP contribution < -0.4 is 11.1 Å². The number of aromatic nitrogens is 5. The highest BCUT2D eigenvalue weighted by molar-refractivity contribution is 6.12. The lowest BCUT2D eigenvalue weighted by Crippen LogP contribution is -2.46. The molecule has 5 rings (SSSR count). The van der Waals surface area contributed by atoms with Crippen LogP contribution >= 0.6 is 0 Å². The number of nitrogens with one attached hydrogen (secondary N) is 1. The summed E-state index contributed by atoms with van der Waals surface area (Å²) in [6.45, 7) is 5.98. The van der Waals surface area contributed by atoms with Gasteiger partial charge in [-0.25, -0.2) is 19.4 Å². The molecule has 1 saturated heterocycles. The lowest BCUT2D eigenvalue weighted by atomic mass is 9.83. The number of hydrogen-bond donors (Lipinski definition) is 3. The molecular formula is C23H23F3N8O4. The van der Waals surface area contributed by atoms with Crippen molar-refractivity contribution >= 4 is 46.0 Å². The van der Waals surface area contributed by atoms with Gasteiger partial charge in [-0.2, -0.15) is 23.3 Å². The van der Waals surface area contributed by atoms with E-state index >= 15 is 0 Å². The summed E-state index contributed by atoms with van der Waals surface area (Å²) in [5.41, 5.74) is 4.70. The van der Waals surface area contributed by atoms with Crippen molar-refractivity contribution in [3.8, 4) is 0 Å². The van der Waals surface area contributed by atoms with Crippen LogP contribution in [0.1, 0.15) is 49.3 Å². The highest BCUT2D eigenvalue weighted by Gasteiger charge is 2.46. The number of likely N-dealkylation sites (tertiary alicyclic amines) is 1. The molecule has 0 radical (unpaired) electrons. The van der Waals surface area contributed by atoms with Crippen molar-refractivity contribution in [1.29, 1.82) is 0 Å². The molecular weight excluding hydrogens is 509 g/mol. The normalized spacial score (nSPS) is 18.4. The SMILES string of the molecule is CC(C)(C)[C@@H]1C(n2nc(C(=O)Nc3nc4cc(C(F)(F)F)ccc4o3)c3c(N)ncnc32)CCN1C(=O)O. The number of nitrogens with zero attached hydrogens (tertiary/aromatic N) is 6. The Bertz CT molecular complexity index is 1570. The number of anilines is 2. The standard InChI is InChI=1S/C23H23F3N8O4/c1-22(2,3)16-12(6-7-33(16)21(36)37)34-18-14(17(27)28-9-29-18)15(32-34)19(35)31-20-30-11-8-10(23(24,25)26)4-5-13(11)38-20/h4-5,8-9,12,16H,6-7H2,1-3H3,(H,36,37)(H2,27,28,29)(H,30,31,35)/t12?,16-/m0/s1. The van der Waals surface area contributed by atoms with Crippen molar-refractivity contribution in [2.75, 3.05) is 17.6 Å². The highest BCUT2D eigenvalue weighted by Crippen LogP contribution is 2.41. The smallest absolute Gasteiger partial charge is 0.416 e. The first-order valence-corrected chi connectivity index (χ1v) is 11.5. The fourth-order valence-electron chi connectivity index (χ4n) is 4.99. The molecule has 1 unspecified atom stereocenters. The zero-order valence-corrected chi connectivity index (χ0v) is 20.4. The largest absolute Gasteiger partial charge is 0.465 e. The fraction of sp³-hybridized carbons (Fsp3) is 0.391. The van der Waals surface area contributed by atoms with Gasteiger partial charge in [0.1, 0.15) is 17.7 Å². The van der Waals surface area contributed by atoms with E-state index in [9.17, 15) is 27.9 Å². The number of alkyl halides is 3. The number of carbonyl (C=O) groups excluding carboxylic acids is 1. The van der Waals surface area contributed by atoms with Crippen molar-refractivity contribution in [2.24, 2.45) is 5.41 Å². The average molecular weight is 532 g/mol. The molecule has 1 aliphatic heterocycles. The van der Waals surface area contributed by atoms with Gasteiger partial charge in [-0.15, -0.1) is 0 Å². The molecule has 38 heavy (non-hydrogen) atoms. The van der Waals surface area contributed by atoms with Crippen molar-refractivity contribution in [3.63, 3.8) is 0 Å². The minimum absolute atomic E-state index is 0.0285. The lowest BCUT2D eigenvalue weighted by Gasteiger charge is -2.37. The number of fused-ring (bicyclic) bond motifs is 2. The van der Waals surface area contributed by atoms with Crippen molar-refractivity contribution in [3.05, 3.63) is 35.8 Å². The van der Waals surface area contributed by atoms with Gasteiger partial charge in [-0.05, 0) is 30.0 Å². The second kappa shape index (κ2) is 8.56. The Balaban J connectivity index is 1.54. The second-order valence-corrected chi connectivity index (χ2v) is 10.0. The Morgan fingerprint density at radius 3 is 2.61 bits per heavy atom. The van der Waals surface area contributed by atoms with Crippen LogP contribution in [0.2, 0.25) is 0 Å². The van der Waals surface area contributed by atoms with E-state index in [0.717, 1.165) is 18.2 Å². The van der Waals surface area contributed by atoms with E-state index < -0.39 is 41.2 Å². The number of oxazole rings is 1. The lowest BCUT2D eigenvalue weighted by molar-refractivity contribution is -0.137. The van der Waals surface area contributed by atoms with E-state index in [2.05, 4.69) is 25.4 Å². The summed E-state index contributed by atoms with van der Waals surface area (Å²) in [6, 6.07) is 1.47. The Kier molecular flexibility index (Phi) is 5.69. The zero-order chi connectivity index (χ0) is 27.6. The molecule has 4 N–H and O–H groups in total. The molecule has 2 atom stereocenters. The molecule has 3 aromatic heterocycles. The summed E-state index contributed by atoms with van der Waals surface area (Å²) >= 11 is 0. The van der Waals surface area contributed by atoms with Crippen molar-refractivity contribution in [2.45, 2.75) is 45.5 Å². The minimum Gasteiger partial charge on any atom is -0.465 e. The number of hydrogen-bond acceptors (Lipinski definition) is 8. The van der Waals surface area contributed by atoms with Crippen LogP contribution in [0.15, 0.2) is 28.9 Å². The van der Waals surface area contributed by atoms with Gasteiger partial charge in [0.25, 0.3) is 5.91 Å². The molecule has 4 heterocycles. The molecule has 2 amide bonds. The molecule has 1 aliphatic rings. The van der Waals surface area contributed by atoms with Crippen molar-refractivity contribution < 1.29 is 32.3 Å². The van der Waals surface area contributed by atoms with E-state index in [1.165, 1.54) is 15.9 Å². The molecule has 0 saturated carbocycles. The van der Waals surface area contributed by atoms with Gasteiger partial charge >= 0.3 is 18.3 Å². The Labute approximate surface area is 212 Å². The van der Waals surface area contributed by atoms with E-state index in [4.69, 9.17) is 10.2 Å². The van der Waals surface area contributed by atoms with E-state index in [1.54, 1.807) is 0 Å². The number of carboxylic acid groups (broad SMARTS) is 1. The Hall–Kier alpha value is -4.43. The fourth-order valence-corrected chi connectivity index (χ4v) is 4.99. The number of carbonyl (C=O) groups is 2. The van der Waals surface area contributed by atoms with Gasteiger partial charge in [-0.3, -0.25) is 10.1 Å². The van der Waals surface area contributed by atoms with Gasteiger partial charge in [-0.1, -0.05) is 20.8 Å². The van der Waals surface area contributed by atoms with Crippen LogP contribution in [0.5, 0.6) is 0 Å². The van der Waals surface area contributed by atoms with Gasteiger partial charge < -0.3 is 20.2 Å². The summed E-state index contributed by atoms with van der Waals surface area (Å²) in [5, 5.41) is 16.8. The summed E-state index contributed by atoms with van der Waals surface area (Å²) in [6.07, 6.45) is -4.00. The predicted molar refractivity (Wildman–Crippen MR) is 128 cm³/mol. The predicted octanol–water partition coefficient (Wildman–Crippen LogP) is 4.16. The van der Waals surface area contributed by atoms with Gasteiger partial charge in [0, 0.05) is 6.54 Å². The second-order valence-electron chi connectivity index (χ2n) is 10.0. The molecule has 200 valence electrons. The number of benzene rings is 1. The number of nitrogen functional groups attached to an aromatic ring is 1. The van der Waals surface area contributed by atoms with Crippen LogP contribution in [-0.4, -0.2) is 59.3 Å².